The van der Waals surface area contributed by atoms with Crippen molar-refractivity contribution < 1.29 is 4.74 Å². The summed E-state index contributed by atoms with van der Waals surface area (Å²) in [5.41, 5.74) is 5.97. The number of ether oxygens (including phenoxy) is 1. The molecule has 1 aromatic heterocycles. The van der Waals surface area contributed by atoms with Crippen molar-refractivity contribution in [3.63, 3.8) is 0 Å². The number of hydrogen-bond acceptors (Lipinski definition) is 5. The van der Waals surface area contributed by atoms with E-state index >= 15 is 0 Å². The third-order valence-corrected chi connectivity index (χ3v) is 9.51. The lowest BCUT2D eigenvalue weighted by Crippen LogP contribution is -2.19. The molecule has 0 saturated carbocycles. The summed E-state index contributed by atoms with van der Waals surface area (Å²) >= 11 is 0. The Morgan fingerprint density at radius 2 is 0.960 bits per heavy atom. The van der Waals surface area contributed by atoms with E-state index in [0.717, 1.165) is 55.5 Å². The van der Waals surface area contributed by atoms with Crippen LogP contribution in [-0.2, 0) is 0 Å². The van der Waals surface area contributed by atoms with Crippen LogP contribution in [0.25, 0.3) is 66.2 Å². The normalized spacial score (nSPS) is 12.1. The second kappa shape index (κ2) is 11.4. The molecule has 1 aliphatic rings. The van der Waals surface area contributed by atoms with Gasteiger partial charge in [0.05, 0.1) is 11.4 Å². The predicted molar refractivity (Wildman–Crippen MR) is 203 cm³/mol. The highest BCUT2D eigenvalue weighted by molar-refractivity contribution is 6.09. The third-order valence-electron chi connectivity index (χ3n) is 9.51. The Balaban J connectivity index is 1.24. The largest absolute Gasteiger partial charge is 0.453 e. The molecule has 234 valence electrons. The summed E-state index contributed by atoms with van der Waals surface area (Å²) in [6.07, 6.45) is 0. The lowest BCUT2D eigenvalue weighted by molar-refractivity contribution is 0.477. The number of para-hydroxylation sites is 2. The minimum Gasteiger partial charge on any atom is -0.453 e. The Morgan fingerprint density at radius 1 is 0.380 bits per heavy atom. The maximum absolute atomic E-state index is 6.50. The second-order valence-corrected chi connectivity index (χ2v) is 12.4. The van der Waals surface area contributed by atoms with Gasteiger partial charge in [0.2, 0.25) is 5.95 Å². The number of aromatic nitrogens is 3. The molecule has 0 amide bonds. The van der Waals surface area contributed by atoms with E-state index in [1.165, 1.54) is 21.9 Å². The molecule has 5 nitrogen and oxygen atoms in total. The molecule has 0 radical (unpaired) electrons. The number of nitrogens with zero attached hydrogens (tertiary/aromatic N) is 4. The molecule has 0 fully saturated rings. The molecule has 8 aromatic carbocycles. The molecule has 0 unspecified atom stereocenters. The molecular formula is C45H28N4O. The van der Waals surface area contributed by atoms with Gasteiger partial charge in [-0.05, 0) is 56.3 Å². The van der Waals surface area contributed by atoms with Crippen molar-refractivity contribution in [2.24, 2.45) is 0 Å². The van der Waals surface area contributed by atoms with Crippen LogP contribution in [0.2, 0.25) is 0 Å². The summed E-state index contributed by atoms with van der Waals surface area (Å²) in [6, 6.07) is 58.6. The van der Waals surface area contributed by atoms with Crippen LogP contribution in [0.1, 0.15) is 0 Å². The van der Waals surface area contributed by atoms with Gasteiger partial charge in [-0.2, -0.15) is 9.97 Å². The van der Waals surface area contributed by atoms with E-state index in [1.54, 1.807) is 0 Å². The Labute approximate surface area is 288 Å². The molecule has 10 rings (SSSR count). The van der Waals surface area contributed by atoms with Gasteiger partial charge in [-0.3, -0.25) is 4.90 Å². The van der Waals surface area contributed by atoms with Gasteiger partial charge in [0, 0.05) is 16.5 Å². The van der Waals surface area contributed by atoms with E-state index in [2.05, 4.69) is 120 Å². The second-order valence-electron chi connectivity index (χ2n) is 12.4. The van der Waals surface area contributed by atoms with Crippen molar-refractivity contribution >= 4 is 49.6 Å². The van der Waals surface area contributed by atoms with Crippen LogP contribution in [0.4, 0.5) is 17.3 Å². The lowest BCUT2D eigenvalue weighted by Gasteiger charge is -2.32. The van der Waals surface area contributed by atoms with E-state index in [0.29, 0.717) is 17.6 Å². The summed E-state index contributed by atoms with van der Waals surface area (Å²) in [6.45, 7) is 0. The summed E-state index contributed by atoms with van der Waals surface area (Å²) < 4.78 is 6.50. The average molecular weight is 641 g/mol. The van der Waals surface area contributed by atoms with E-state index < -0.39 is 0 Å². The fourth-order valence-corrected chi connectivity index (χ4v) is 7.22. The zero-order valence-corrected chi connectivity index (χ0v) is 26.9. The topological polar surface area (TPSA) is 51.1 Å². The molecule has 1 aliphatic heterocycles. The van der Waals surface area contributed by atoms with Gasteiger partial charge in [-0.15, -0.1) is 0 Å². The number of hydrogen-bond donors (Lipinski definition) is 0. The molecule has 9 aromatic rings. The van der Waals surface area contributed by atoms with Crippen molar-refractivity contribution in [2.45, 2.75) is 0 Å². The molecule has 0 aliphatic carbocycles. The number of rotatable bonds is 4. The Kier molecular flexibility index (Phi) is 6.42. The maximum Gasteiger partial charge on any atom is 0.239 e. The van der Waals surface area contributed by atoms with Crippen LogP contribution < -0.4 is 9.64 Å². The van der Waals surface area contributed by atoms with Crippen LogP contribution in [0.15, 0.2) is 170 Å². The van der Waals surface area contributed by atoms with Gasteiger partial charge < -0.3 is 4.74 Å². The molecule has 50 heavy (non-hydrogen) atoms. The van der Waals surface area contributed by atoms with Crippen molar-refractivity contribution in [3.8, 4) is 45.4 Å². The predicted octanol–water partition coefficient (Wildman–Crippen LogP) is 11.9. The highest BCUT2D eigenvalue weighted by Crippen LogP contribution is 2.52. The molecule has 2 heterocycles. The van der Waals surface area contributed by atoms with E-state index in [-0.39, 0.29) is 0 Å². The summed E-state index contributed by atoms with van der Waals surface area (Å²) in [7, 11) is 0. The first kappa shape index (κ1) is 28.2. The average Bonchev–Trinajstić information content (AvgIpc) is 3.19. The summed E-state index contributed by atoms with van der Waals surface area (Å²) in [5, 5.41) is 6.80. The molecule has 5 heteroatoms. The van der Waals surface area contributed by atoms with Gasteiger partial charge in [-0.1, -0.05) is 152 Å². The van der Waals surface area contributed by atoms with Crippen LogP contribution in [0.3, 0.4) is 0 Å². The minimum atomic E-state index is 0.518. The number of anilines is 3. The number of fused-ring (bicyclic) bond motifs is 6. The van der Waals surface area contributed by atoms with Gasteiger partial charge in [-0.25, -0.2) is 4.98 Å². The first-order valence-corrected chi connectivity index (χ1v) is 16.7. The fourth-order valence-electron chi connectivity index (χ4n) is 7.22. The van der Waals surface area contributed by atoms with Crippen LogP contribution in [-0.4, -0.2) is 15.0 Å². The van der Waals surface area contributed by atoms with Crippen LogP contribution in [0, 0.1) is 0 Å². The molecule has 0 atom stereocenters. The maximum atomic E-state index is 6.50. The van der Waals surface area contributed by atoms with E-state index in [4.69, 9.17) is 19.7 Å². The first-order valence-electron chi connectivity index (χ1n) is 16.7. The monoisotopic (exact) mass is 640 g/mol. The minimum absolute atomic E-state index is 0.518. The van der Waals surface area contributed by atoms with Crippen LogP contribution >= 0.6 is 0 Å². The SMILES string of the molecule is c1ccc(-c2nc(-c3cccc4c(-c5cccc6ccccc56)cccc34)nc(N3c4ccccc4Oc4ccc5ccccc5c43)n2)cc1. The molecule has 0 N–H and O–H groups in total. The summed E-state index contributed by atoms with van der Waals surface area (Å²) in [4.78, 5) is 17.8. The van der Waals surface area contributed by atoms with E-state index in [9.17, 15) is 0 Å². The quantitative estimate of drug-likeness (QED) is 0.192. The molecule has 0 saturated heterocycles. The van der Waals surface area contributed by atoms with Crippen molar-refractivity contribution in [2.75, 3.05) is 4.90 Å². The van der Waals surface area contributed by atoms with Gasteiger partial charge in [0.15, 0.2) is 23.1 Å². The zero-order chi connectivity index (χ0) is 33.0. The van der Waals surface area contributed by atoms with Crippen molar-refractivity contribution in [1.29, 1.82) is 0 Å². The van der Waals surface area contributed by atoms with Crippen molar-refractivity contribution in [3.05, 3.63) is 170 Å². The highest BCUT2D eigenvalue weighted by atomic mass is 16.5. The third kappa shape index (κ3) is 4.52. The zero-order valence-electron chi connectivity index (χ0n) is 26.9. The lowest BCUT2D eigenvalue weighted by atomic mass is 9.92. The van der Waals surface area contributed by atoms with Gasteiger partial charge in [0.1, 0.15) is 0 Å². The van der Waals surface area contributed by atoms with Crippen molar-refractivity contribution in [1.82, 2.24) is 15.0 Å². The summed E-state index contributed by atoms with van der Waals surface area (Å²) in [5.74, 6) is 3.20. The van der Waals surface area contributed by atoms with E-state index in [1.807, 2.05) is 54.6 Å². The molecular weight excluding hydrogens is 613 g/mol. The smallest absolute Gasteiger partial charge is 0.239 e. The highest BCUT2D eigenvalue weighted by Gasteiger charge is 2.30. The molecule has 0 spiro atoms. The Hall–Kier alpha value is -6.85. The van der Waals surface area contributed by atoms with Gasteiger partial charge >= 0.3 is 0 Å². The fraction of sp³-hybridized carbons (Fsp3) is 0. The molecule has 0 bridgehead atoms. The number of benzene rings is 8. The standard InChI is InChI=1S/C45H28N4O/c1-2-15-31(16-3-1)43-46-44(38-24-12-22-36-35(21-11-23-37(36)38)34-20-10-17-29-13-4-6-18-32(29)34)48-45(47-43)49-39-25-8-9-26-40(39)50-41-28-27-30-14-5-7-19-33(30)42(41)49/h1-28H. The van der Waals surface area contributed by atoms with Crippen LogP contribution in [0.5, 0.6) is 11.5 Å². The first-order chi connectivity index (χ1) is 24.8. The Morgan fingerprint density at radius 3 is 1.80 bits per heavy atom. The van der Waals surface area contributed by atoms with Gasteiger partial charge in [0.25, 0.3) is 0 Å². The Bertz CT molecular complexity index is 2750.